The fourth-order valence-corrected chi connectivity index (χ4v) is 0.218. The smallest absolute Gasteiger partial charge is 0.361 e. The summed E-state index contributed by atoms with van der Waals surface area (Å²) in [6.07, 6.45) is -4.91. The Morgan fingerprint density at radius 1 is 1.36 bits per heavy atom. The Labute approximate surface area is 61.5 Å². The summed E-state index contributed by atoms with van der Waals surface area (Å²) >= 11 is 0. The summed E-state index contributed by atoms with van der Waals surface area (Å²) in [5.41, 5.74) is 0. The third kappa shape index (κ3) is 5.62. The first-order chi connectivity index (χ1) is 4.34. The van der Waals surface area contributed by atoms with Crippen molar-refractivity contribution < 1.29 is 22.8 Å². The predicted octanol–water partition coefficient (Wildman–Crippen LogP) is 0.730. The van der Waals surface area contributed by atoms with Crippen LogP contribution >= 0.6 is 0 Å². The van der Waals surface area contributed by atoms with Crippen LogP contribution in [-0.2, 0) is 9.63 Å². The molecule has 0 unspecified atom stereocenters. The number of hydrogen-bond donors (Lipinski definition) is 1. The first kappa shape index (κ1) is 12.8. The van der Waals surface area contributed by atoms with Crippen LogP contribution in [0.25, 0.3) is 0 Å². The maximum atomic E-state index is 11.3. The van der Waals surface area contributed by atoms with Gasteiger partial charge in [-0.05, 0) is 0 Å². The van der Waals surface area contributed by atoms with Gasteiger partial charge in [-0.15, -0.1) is 5.06 Å². The number of nitrogens with zero attached hydrogens (tertiary/aromatic N) is 1. The minimum Gasteiger partial charge on any atom is -0.361 e. The largest absolute Gasteiger partial charge is 0.492 e. The molecule has 0 saturated carbocycles. The zero-order valence-electron chi connectivity index (χ0n) is 6.10. The highest BCUT2D eigenvalue weighted by Gasteiger charge is 2.41. The van der Waals surface area contributed by atoms with Crippen LogP contribution in [0.1, 0.15) is 0 Å². The third-order valence-corrected chi connectivity index (χ3v) is 0.497. The highest BCUT2D eigenvalue weighted by Crippen LogP contribution is 2.16. The molecule has 0 rings (SSSR count). The summed E-state index contributed by atoms with van der Waals surface area (Å²) < 4.78 is 33.9. The van der Waals surface area contributed by atoms with Crippen LogP contribution in [-0.4, -0.2) is 31.3 Å². The van der Waals surface area contributed by atoms with E-state index in [2.05, 4.69) is 4.84 Å². The molecule has 0 heterocycles. The Bertz CT molecular complexity index is 134. The van der Waals surface area contributed by atoms with E-state index in [0.29, 0.717) is 5.06 Å². The van der Waals surface area contributed by atoms with Gasteiger partial charge in [-0.2, -0.15) is 13.2 Å². The molecular formula is C4H9F3N2O2. The van der Waals surface area contributed by atoms with E-state index in [-0.39, 0.29) is 6.15 Å². The molecule has 4 nitrogen and oxygen atoms in total. The van der Waals surface area contributed by atoms with E-state index in [1.54, 1.807) is 0 Å². The van der Waals surface area contributed by atoms with Gasteiger partial charge in [-0.1, -0.05) is 0 Å². The molecule has 3 N–H and O–H groups in total. The maximum Gasteiger partial charge on any atom is 0.492 e. The summed E-state index contributed by atoms with van der Waals surface area (Å²) in [7, 11) is 2.37. The molecule has 0 aromatic carbocycles. The molecule has 0 amide bonds. The monoisotopic (exact) mass is 174 g/mol. The van der Waals surface area contributed by atoms with Gasteiger partial charge in [0.15, 0.2) is 0 Å². The Hall–Kier alpha value is -0.820. The highest BCUT2D eigenvalue weighted by atomic mass is 19.4. The van der Waals surface area contributed by atoms with E-state index < -0.39 is 12.1 Å². The van der Waals surface area contributed by atoms with Crippen LogP contribution in [0.15, 0.2) is 0 Å². The molecule has 11 heavy (non-hydrogen) atoms. The molecule has 0 aromatic rings. The van der Waals surface area contributed by atoms with Crippen molar-refractivity contribution in [2.75, 3.05) is 14.1 Å². The summed E-state index contributed by atoms with van der Waals surface area (Å²) in [5, 5.41) is 0.676. The fraction of sp³-hybridized carbons (Fsp3) is 0.750. The number of carbonyl (C=O) groups excluding carboxylic acids is 1. The standard InChI is InChI=1S/C4H6F3NO2.H3N/c1-8(2)10-3(9)4(5,6)7;/h1-2H3;1H3. The second-order valence-corrected chi connectivity index (χ2v) is 1.69. The quantitative estimate of drug-likeness (QED) is 0.595. The van der Waals surface area contributed by atoms with Crippen molar-refractivity contribution in [1.29, 1.82) is 0 Å². The number of rotatable bonds is 1. The highest BCUT2D eigenvalue weighted by molar-refractivity contribution is 5.75. The van der Waals surface area contributed by atoms with E-state index in [1.165, 1.54) is 14.1 Å². The fourth-order valence-electron chi connectivity index (χ4n) is 0.218. The molecule has 68 valence electrons. The van der Waals surface area contributed by atoms with Crippen LogP contribution < -0.4 is 6.15 Å². The Morgan fingerprint density at radius 3 is 1.82 bits per heavy atom. The average Bonchev–Trinajstić information content (AvgIpc) is 1.60. The van der Waals surface area contributed by atoms with Gasteiger partial charge in [0.05, 0.1) is 0 Å². The molecule has 0 atom stereocenters. The molecule has 0 fully saturated rings. The average molecular weight is 174 g/mol. The molecule has 0 saturated heterocycles. The number of hydrogen-bond acceptors (Lipinski definition) is 4. The van der Waals surface area contributed by atoms with Crippen molar-refractivity contribution in [1.82, 2.24) is 11.2 Å². The lowest BCUT2D eigenvalue weighted by molar-refractivity contribution is -0.229. The SMILES string of the molecule is CN(C)OC(=O)C(F)(F)F.N. The number of hydroxylamine groups is 2. The van der Waals surface area contributed by atoms with Gasteiger partial charge in [-0.25, -0.2) is 4.79 Å². The molecule has 0 aliphatic heterocycles. The zero-order valence-corrected chi connectivity index (χ0v) is 6.10. The van der Waals surface area contributed by atoms with Gasteiger partial charge in [-0.3, -0.25) is 0 Å². The normalized spacial score (nSPS) is 10.7. The second kappa shape index (κ2) is 4.14. The molecule has 0 aromatic heterocycles. The molecule has 0 radical (unpaired) electrons. The van der Waals surface area contributed by atoms with E-state index in [9.17, 15) is 18.0 Å². The Morgan fingerprint density at radius 2 is 1.73 bits per heavy atom. The maximum absolute atomic E-state index is 11.3. The van der Waals surface area contributed by atoms with E-state index in [0.717, 1.165) is 0 Å². The van der Waals surface area contributed by atoms with E-state index in [4.69, 9.17) is 0 Å². The van der Waals surface area contributed by atoms with Crippen molar-refractivity contribution >= 4 is 5.97 Å². The summed E-state index contributed by atoms with van der Waals surface area (Å²) in [5.74, 6) is -2.21. The van der Waals surface area contributed by atoms with Gasteiger partial charge in [0.1, 0.15) is 0 Å². The third-order valence-electron chi connectivity index (χ3n) is 0.497. The van der Waals surface area contributed by atoms with E-state index in [1.807, 2.05) is 0 Å². The second-order valence-electron chi connectivity index (χ2n) is 1.69. The number of alkyl halides is 3. The minimum atomic E-state index is -4.91. The predicted molar refractivity (Wildman–Crippen MR) is 30.9 cm³/mol. The van der Waals surface area contributed by atoms with Gasteiger partial charge in [0.2, 0.25) is 0 Å². The van der Waals surface area contributed by atoms with Crippen LogP contribution in [0.4, 0.5) is 13.2 Å². The van der Waals surface area contributed by atoms with Crippen molar-refractivity contribution in [2.45, 2.75) is 6.18 Å². The van der Waals surface area contributed by atoms with E-state index >= 15 is 0 Å². The Kier molecular flexibility index (Phi) is 4.83. The summed E-state index contributed by atoms with van der Waals surface area (Å²) in [6.45, 7) is 0. The van der Waals surface area contributed by atoms with Gasteiger partial charge < -0.3 is 11.0 Å². The zero-order chi connectivity index (χ0) is 8.36. The molecule has 0 bridgehead atoms. The molecule has 0 spiro atoms. The lowest BCUT2D eigenvalue weighted by Crippen LogP contribution is -2.30. The van der Waals surface area contributed by atoms with Crippen LogP contribution in [0.2, 0.25) is 0 Å². The molecule has 0 aliphatic carbocycles. The summed E-state index contributed by atoms with van der Waals surface area (Å²) in [6, 6.07) is 0. The van der Waals surface area contributed by atoms with Gasteiger partial charge >= 0.3 is 12.1 Å². The molecule has 0 aliphatic rings. The number of carbonyl (C=O) groups is 1. The topological polar surface area (TPSA) is 64.5 Å². The van der Waals surface area contributed by atoms with Crippen LogP contribution in [0.3, 0.4) is 0 Å². The lowest BCUT2D eigenvalue weighted by Gasteiger charge is -2.10. The van der Waals surface area contributed by atoms with Crippen molar-refractivity contribution in [3.63, 3.8) is 0 Å². The minimum absolute atomic E-state index is 0. The van der Waals surface area contributed by atoms with Crippen LogP contribution in [0.5, 0.6) is 0 Å². The molecular weight excluding hydrogens is 165 g/mol. The Balaban J connectivity index is 0. The first-order valence-electron chi connectivity index (χ1n) is 2.30. The van der Waals surface area contributed by atoms with Crippen LogP contribution in [0, 0.1) is 0 Å². The van der Waals surface area contributed by atoms with Crippen molar-refractivity contribution in [2.24, 2.45) is 0 Å². The summed E-state index contributed by atoms with van der Waals surface area (Å²) in [4.78, 5) is 13.6. The number of halogens is 3. The molecule has 7 heteroatoms. The first-order valence-corrected chi connectivity index (χ1v) is 2.30. The van der Waals surface area contributed by atoms with Gasteiger partial charge in [0.25, 0.3) is 0 Å². The van der Waals surface area contributed by atoms with Crippen molar-refractivity contribution in [3.8, 4) is 0 Å². The lowest BCUT2D eigenvalue weighted by atomic mass is 10.7. The van der Waals surface area contributed by atoms with Gasteiger partial charge in [0, 0.05) is 14.1 Å². The van der Waals surface area contributed by atoms with Crippen molar-refractivity contribution in [3.05, 3.63) is 0 Å².